The number of carboxylic acid groups (broad SMARTS) is 1. The van der Waals surface area contributed by atoms with Crippen LogP contribution in [0.4, 0.5) is 5.69 Å². The zero-order valence-electron chi connectivity index (χ0n) is 15.2. The lowest BCUT2D eigenvalue weighted by Crippen LogP contribution is -2.45. The van der Waals surface area contributed by atoms with Crippen molar-refractivity contribution < 1.29 is 24.2 Å². The first-order valence-corrected chi connectivity index (χ1v) is 8.91. The van der Waals surface area contributed by atoms with Crippen molar-refractivity contribution in [2.24, 2.45) is 0 Å². The summed E-state index contributed by atoms with van der Waals surface area (Å²) in [7, 11) is 0. The number of carbonyl (C=O) groups is 2. The molecule has 1 aliphatic rings. The Balaban J connectivity index is 1.79. The van der Waals surface area contributed by atoms with Crippen LogP contribution in [0.3, 0.4) is 0 Å². The fraction of sp³-hybridized carbons (Fsp3) is 0.333. The van der Waals surface area contributed by atoms with Crippen molar-refractivity contribution >= 4 is 17.6 Å². The SMILES string of the molecule is Cc1ccccc1C1(C(=O)Nc2ccc(OCC(=O)O)cc2)CCOCC1. The van der Waals surface area contributed by atoms with Crippen LogP contribution in [-0.4, -0.2) is 36.8 Å². The number of aryl methyl sites for hydroxylation is 1. The number of carbonyl (C=O) groups excluding carboxylic acids is 1. The lowest BCUT2D eigenvalue weighted by molar-refractivity contribution is -0.139. The molecule has 0 aliphatic carbocycles. The minimum Gasteiger partial charge on any atom is -0.482 e. The molecular weight excluding hydrogens is 346 g/mol. The van der Waals surface area contributed by atoms with Crippen molar-refractivity contribution in [3.8, 4) is 5.75 Å². The van der Waals surface area contributed by atoms with Gasteiger partial charge in [-0.1, -0.05) is 24.3 Å². The molecule has 0 saturated carbocycles. The smallest absolute Gasteiger partial charge is 0.341 e. The van der Waals surface area contributed by atoms with Crippen molar-refractivity contribution in [3.05, 3.63) is 59.7 Å². The fourth-order valence-corrected chi connectivity index (χ4v) is 3.48. The summed E-state index contributed by atoms with van der Waals surface area (Å²) >= 11 is 0. The van der Waals surface area contributed by atoms with Crippen molar-refractivity contribution in [1.29, 1.82) is 0 Å². The van der Waals surface area contributed by atoms with Crippen LogP contribution in [0.2, 0.25) is 0 Å². The average Bonchev–Trinajstić information content (AvgIpc) is 2.68. The van der Waals surface area contributed by atoms with Gasteiger partial charge in [0.2, 0.25) is 5.91 Å². The Hall–Kier alpha value is -2.86. The zero-order valence-corrected chi connectivity index (χ0v) is 15.2. The molecule has 6 heteroatoms. The van der Waals surface area contributed by atoms with E-state index in [2.05, 4.69) is 5.32 Å². The topological polar surface area (TPSA) is 84.9 Å². The van der Waals surface area contributed by atoms with Crippen LogP contribution in [0, 0.1) is 6.92 Å². The van der Waals surface area contributed by atoms with Gasteiger partial charge in [-0.2, -0.15) is 0 Å². The Kier molecular flexibility index (Phi) is 5.76. The molecule has 1 amide bonds. The van der Waals surface area contributed by atoms with E-state index in [0.29, 0.717) is 37.5 Å². The third-order valence-corrected chi connectivity index (χ3v) is 4.92. The summed E-state index contributed by atoms with van der Waals surface area (Å²) in [5, 5.41) is 11.7. The summed E-state index contributed by atoms with van der Waals surface area (Å²) in [4.78, 5) is 23.8. The molecule has 3 rings (SSSR count). The number of hydrogen-bond acceptors (Lipinski definition) is 4. The lowest BCUT2D eigenvalue weighted by atomic mass is 9.71. The van der Waals surface area contributed by atoms with Crippen molar-refractivity contribution in [1.82, 2.24) is 0 Å². The molecule has 2 aromatic rings. The first-order valence-electron chi connectivity index (χ1n) is 8.91. The number of nitrogens with one attached hydrogen (secondary N) is 1. The Morgan fingerprint density at radius 3 is 2.41 bits per heavy atom. The number of carboxylic acids is 1. The van der Waals surface area contributed by atoms with Crippen molar-refractivity contribution in [3.63, 3.8) is 0 Å². The Morgan fingerprint density at radius 1 is 1.11 bits per heavy atom. The first-order chi connectivity index (χ1) is 13.0. The molecule has 0 atom stereocenters. The van der Waals surface area contributed by atoms with Gasteiger partial charge in [0, 0.05) is 18.9 Å². The van der Waals surface area contributed by atoms with E-state index in [0.717, 1.165) is 11.1 Å². The van der Waals surface area contributed by atoms with Crippen LogP contribution in [0.5, 0.6) is 5.75 Å². The van der Waals surface area contributed by atoms with Gasteiger partial charge in [-0.05, 0) is 55.2 Å². The predicted molar refractivity (Wildman–Crippen MR) is 101 cm³/mol. The van der Waals surface area contributed by atoms with Gasteiger partial charge in [0.25, 0.3) is 0 Å². The first kappa shape index (κ1) is 18.9. The second-order valence-corrected chi connectivity index (χ2v) is 6.67. The van der Waals surface area contributed by atoms with E-state index in [9.17, 15) is 9.59 Å². The van der Waals surface area contributed by atoms with E-state index in [1.54, 1.807) is 24.3 Å². The molecular formula is C21H23NO5. The normalized spacial score (nSPS) is 15.7. The number of benzene rings is 2. The molecule has 1 heterocycles. The van der Waals surface area contributed by atoms with Crippen LogP contribution in [-0.2, 0) is 19.7 Å². The number of ether oxygens (including phenoxy) is 2. The average molecular weight is 369 g/mol. The van der Waals surface area contributed by atoms with Gasteiger partial charge in [0.15, 0.2) is 6.61 Å². The summed E-state index contributed by atoms with van der Waals surface area (Å²) in [5.74, 6) is -0.651. The second-order valence-electron chi connectivity index (χ2n) is 6.67. The van der Waals surface area contributed by atoms with Crippen LogP contribution >= 0.6 is 0 Å². The Morgan fingerprint density at radius 2 is 1.78 bits per heavy atom. The number of rotatable bonds is 6. The molecule has 2 N–H and O–H groups in total. The number of hydrogen-bond donors (Lipinski definition) is 2. The van der Waals surface area contributed by atoms with Gasteiger partial charge >= 0.3 is 5.97 Å². The largest absolute Gasteiger partial charge is 0.482 e. The molecule has 27 heavy (non-hydrogen) atoms. The molecule has 0 spiro atoms. The molecule has 1 saturated heterocycles. The van der Waals surface area contributed by atoms with E-state index in [-0.39, 0.29) is 5.91 Å². The van der Waals surface area contributed by atoms with Gasteiger partial charge in [-0.25, -0.2) is 4.79 Å². The highest BCUT2D eigenvalue weighted by atomic mass is 16.5. The third-order valence-electron chi connectivity index (χ3n) is 4.92. The lowest BCUT2D eigenvalue weighted by Gasteiger charge is -2.37. The van der Waals surface area contributed by atoms with E-state index in [4.69, 9.17) is 14.6 Å². The van der Waals surface area contributed by atoms with E-state index >= 15 is 0 Å². The predicted octanol–water partition coefficient (Wildman–Crippen LogP) is 3.15. The summed E-state index contributed by atoms with van der Waals surface area (Å²) in [5.41, 5.74) is 2.14. The standard InChI is InChI=1S/C21H23NO5/c1-15-4-2-3-5-18(15)21(10-12-26-13-11-21)20(25)22-16-6-8-17(9-7-16)27-14-19(23)24/h2-9H,10-14H2,1H3,(H,22,25)(H,23,24). The van der Waals surface area contributed by atoms with E-state index in [1.165, 1.54) is 0 Å². The minimum absolute atomic E-state index is 0.0562. The molecule has 0 radical (unpaired) electrons. The summed E-state index contributed by atoms with van der Waals surface area (Å²) in [6.45, 7) is 2.71. The molecule has 142 valence electrons. The van der Waals surface area contributed by atoms with E-state index < -0.39 is 18.0 Å². The Labute approximate surface area is 158 Å². The van der Waals surface area contributed by atoms with Crippen LogP contribution in [0.1, 0.15) is 24.0 Å². The van der Waals surface area contributed by atoms with Crippen LogP contribution in [0.25, 0.3) is 0 Å². The van der Waals surface area contributed by atoms with Gasteiger partial charge in [-0.3, -0.25) is 4.79 Å². The van der Waals surface area contributed by atoms with Gasteiger partial charge in [0.1, 0.15) is 5.75 Å². The number of anilines is 1. The summed E-state index contributed by atoms with van der Waals surface area (Å²) < 4.78 is 10.6. The molecule has 1 aliphatic heterocycles. The van der Waals surface area contributed by atoms with Crippen molar-refractivity contribution in [2.45, 2.75) is 25.2 Å². The second kappa shape index (κ2) is 8.22. The van der Waals surface area contributed by atoms with E-state index in [1.807, 2.05) is 31.2 Å². The highest BCUT2D eigenvalue weighted by Gasteiger charge is 2.42. The monoisotopic (exact) mass is 369 g/mol. The number of aliphatic carboxylic acids is 1. The van der Waals surface area contributed by atoms with Crippen molar-refractivity contribution in [2.75, 3.05) is 25.1 Å². The molecule has 6 nitrogen and oxygen atoms in total. The molecule has 1 fully saturated rings. The van der Waals surface area contributed by atoms with Gasteiger partial charge in [0.05, 0.1) is 5.41 Å². The maximum Gasteiger partial charge on any atom is 0.341 e. The van der Waals surface area contributed by atoms with Crippen LogP contribution < -0.4 is 10.1 Å². The van der Waals surface area contributed by atoms with Crippen LogP contribution in [0.15, 0.2) is 48.5 Å². The van der Waals surface area contributed by atoms with Gasteiger partial charge < -0.3 is 19.9 Å². The molecule has 0 unspecified atom stereocenters. The maximum absolute atomic E-state index is 13.3. The molecule has 0 aromatic heterocycles. The maximum atomic E-state index is 13.3. The third kappa shape index (κ3) is 4.28. The molecule has 0 bridgehead atoms. The molecule has 2 aromatic carbocycles. The quantitative estimate of drug-likeness (QED) is 0.817. The summed E-state index contributed by atoms with van der Waals surface area (Å²) in [6.07, 6.45) is 1.26. The summed E-state index contributed by atoms with van der Waals surface area (Å²) in [6, 6.07) is 14.7. The fourth-order valence-electron chi connectivity index (χ4n) is 3.48. The zero-order chi connectivity index (χ0) is 19.3. The minimum atomic E-state index is -1.04. The highest BCUT2D eigenvalue weighted by Crippen LogP contribution is 2.38. The highest BCUT2D eigenvalue weighted by molar-refractivity contribution is 5.99. The number of amides is 1. The Bertz CT molecular complexity index is 810. The van der Waals surface area contributed by atoms with Gasteiger partial charge in [-0.15, -0.1) is 0 Å².